The van der Waals surface area contributed by atoms with Crippen molar-refractivity contribution in [3.63, 3.8) is 0 Å². The lowest BCUT2D eigenvalue weighted by Crippen LogP contribution is -2.42. The third-order valence-electron chi connectivity index (χ3n) is 6.65. The molecule has 3 rings (SSSR count). The number of Topliss-reactive ketones (excluding diaryl/α,β-unsaturated/α-hetero) is 1. The molecule has 1 aromatic carbocycles. The largest absolute Gasteiger partial charge is 0.494 e. The summed E-state index contributed by atoms with van der Waals surface area (Å²) < 4.78 is 23.8. The first-order chi connectivity index (χ1) is 15.2. The average Bonchev–Trinajstić information content (AvgIpc) is 2.92. The highest BCUT2D eigenvalue weighted by Gasteiger charge is 2.51. The lowest BCUT2D eigenvalue weighted by molar-refractivity contribution is 0.00578. The molecule has 1 amide bonds. The van der Waals surface area contributed by atoms with Gasteiger partial charge in [-0.15, -0.1) is 0 Å². The molecule has 0 unspecified atom stereocenters. The number of nitrogens with zero attached hydrogens (tertiary/aromatic N) is 1. The molecule has 0 spiro atoms. The van der Waals surface area contributed by atoms with E-state index in [1.54, 1.807) is 4.90 Å². The summed E-state index contributed by atoms with van der Waals surface area (Å²) in [5.41, 5.74) is -0.0634. The first-order valence-corrected chi connectivity index (χ1v) is 11.8. The summed E-state index contributed by atoms with van der Waals surface area (Å²) in [6, 6.07) is 5.53. The van der Waals surface area contributed by atoms with Gasteiger partial charge in [0, 0.05) is 13.1 Å². The zero-order valence-corrected chi connectivity index (χ0v) is 21.3. The van der Waals surface area contributed by atoms with E-state index in [0.29, 0.717) is 36.9 Å². The highest BCUT2D eigenvalue weighted by Crippen LogP contribution is 2.36. The van der Waals surface area contributed by atoms with Crippen LogP contribution in [-0.2, 0) is 14.0 Å². The fraction of sp³-hybridized carbons (Fsp3) is 0.680. The van der Waals surface area contributed by atoms with Crippen LogP contribution in [-0.4, -0.2) is 60.4 Å². The van der Waals surface area contributed by atoms with Crippen molar-refractivity contribution >= 4 is 24.5 Å². The van der Waals surface area contributed by atoms with Gasteiger partial charge in [0.15, 0.2) is 5.78 Å². The molecule has 0 saturated carbocycles. The minimum Gasteiger partial charge on any atom is -0.493 e. The normalized spacial score (nSPS) is 20.6. The quantitative estimate of drug-likeness (QED) is 0.485. The molecule has 0 radical (unpaired) electrons. The summed E-state index contributed by atoms with van der Waals surface area (Å²) >= 11 is 0. The van der Waals surface area contributed by atoms with E-state index in [0.717, 1.165) is 18.3 Å². The van der Waals surface area contributed by atoms with Crippen LogP contribution in [0.5, 0.6) is 5.75 Å². The average molecular weight is 459 g/mol. The van der Waals surface area contributed by atoms with Gasteiger partial charge in [0.05, 0.1) is 23.4 Å². The van der Waals surface area contributed by atoms with Crippen molar-refractivity contribution in [2.45, 2.75) is 85.0 Å². The van der Waals surface area contributed by atoms with Crippen molar-refractivity contribution in [3.8, 4) is 5.75 Å². The maximum atomic E-state index is 12.4. The molecule has 0 aliphatic carbocycles. The van der Waals surface area contributed by atoms with Crippen molar-refractivity contribution in [1.82, 2.24) is 4.90 Å². The SMILES string of the molecule is CC(=O)c1cc(B2OC(C)(C)C(C)(C)O2)ccc1OCC1CCN(C(=O)OC(C)(C)C)CC1. The van der Waals surface area contributed by atoms with Gasteiger partial charge in [0.2, 0.25) is 0 Å². The van der Waals surface area contributed by atoms with Crippen LogP contribution in [0.15, 0.2) is 18.2 Å². The Morgan fingerprint density at radius 2 is 1.67 bits per heavy atom. The number of ketones is 1. The number of piperidine rings is 1. The summed E-state index contributed by atoms with van der Waals surface area (Å²) in [4.78, 5) is 26.4. The van der Waals surface area contributed by atoms with E-state index in [-0.39, 0.29) is 11.9 Å². The Morgan fingerprint density at radius 1 is 1.09 bits per heavy atom. The molecule has 0 aromatic heterocycles. The van der Waals surface area contributed by atoms with Crippen LogP contribution in [0.1, 0.15) is 78.6 Å². The van der Waals surface area contributed by atoms with E-state index < -0.39 is 23.9 Å². The standard InChI is InChI=1S/C25H38BNO6/c1-17(28)20-15-19(26-32-24(5,6)25(7,8)33-26)9-10-21(20)30-16-18-11-13-27(14-12-18)22(29)31-23(2,3)4/h9-10,15,18H,11-14,16H2,1-8H3. The van der Waals surface area contributed by atoms with E-state index in [1.807, 2.05) is 66.7 Å². The molecule has 0 bridgehead atoms. The third kappa shape index (κ3) is 6.09. The Balaban J connectivity index is 1.60. The van der Waals surface area contributed by atoms with Crippen molar-refractivity contribution in [2.24, 2.45) is 5.92 Å². The second-order valence-electron chi connectivity index (χ2n) is 11.1. The molecule has 0 atom stereocenters. The van der Waals surface area contributed by atoms with E-state index in [9.17, 15) is 9.59 Å². The van der Waals surface area contributed by atoms with Crippen molar-refractivity contribution in [2.75, 3.05) is 19.7 Å². The summed E-state index contributed by atoms with van der Waals surface area (Å²) in [6.07, 6.45) is 1.40. The lowest BCUT2D eigenvalue weighted by atomic mass is 9.78. The smallest absolute Gasteiger partial charge is 0.493 e. The van der Waals surface area contributed by atoms with Crippen molar-refractivity contribution in [3.05, 3.63) is 23.8 Å². The zero-order chi connectivity index (χ0) is 24.6. The highest BCUT2D eigenvalue weighted by atomic mass is 16.7. The number of amides is 1. The number of benzene rings is 1. The molecule has 33 heavy (non-hydrogen) atoms. The molecule has 1 aromatic rings. The van der Waals surface area contributed by atoms with E-state index in [1.165, 1.54) is 6.92 Å². The first kappa shape index (κ1) is 25.6. The Labute approximate surface area is 198 Å². The maximum absolute atomic E-state index is 12.4. The topological polar surface area (TPSA) is 74.3 Å². The minimum atomic E-state index is -0.528. The van der Waals surface area contributed by atoms with Gasteiger partial charge in [-0.2, -0.15) is 0 Å². The number of hydrogen-bond donors (Lipinski definition) is 0. The Morgan fingerprint density at radius 3 is 2.18 bits per heavy atom. The van der Waals surface area contributed by atoms with Crippen LogP contribution in [0.4, 0.5) is 4.79 Å². The van der Waals surface area contributed by atoms with Crippen molar-refractivity contribution < 1.29 is 28.4 Å². The van der Waals surface area contributed by atoms with E-state index in [4.69, 9.17) is 18.8 Å². The van der Waals surface area contributed by atoms with Gasteiger partial charge in [0.25, 0.3) is 0 Å². The van der Waals surface area contributed by atoms with Crippen LogP contribution in [0.3, 0.4) is 0 Å². The molecule has 2 fully saturated rings. The first-order valence-electron chi connectivity index (χ1n) is 11.8. The number of carbonyl (C=O) groups excluding carboxylic acids is 2. The number of likely N-dealkylation sites (tertiary alicyclic amines) is 1. The number of rotatable bonds is 5. The predicted octanol–water partition coefficient (Wildman–Crippen LogP) is 4.21. The fourth-order valence-corrected chi connectivity index (χ4v) is 3.89. The Kier molecular flexibility index (Phi) is 7.20. The number of carbonyl (C=O) groups is 2. The molecule has 0 N–H and O–H groups in total. The van der Waals surface area contributed by atoms with Gasteiger partial charge in [-0.25, -0.2) is 4.79 Å². The molecular formula is C25H38BNO6. The fourth-order valence-electron chi connectivity index (χ4n) is 3.89. The molecule has 2 saturated heterocycles. The number of ether oxygens (including phenoxy) is 2. The molecule has 2 aliphatic heterocycles. The summed E-state index contributed by atoms with van der Waals surface area (Å²) in [6.45, 7) is 17.0. The molecule has 2 aliphatic rings. The Bertz CT molecular complexity index is 867. The van der Waals surface area contributed by atoms with Gasteiger partial charge >= 0.3 is 13.2 Å². The Hall–Kier alpha value is -2.06. The van der Waals surface area contributed by atoms with E-state index in [2.05, 4.69) is 0 Å². The van der Waals surface area contributed by atoms with Crippen molar-refractivity contribution in [1.29, 1.82) is 0 Å². The van der Waals surface area contributed by atoms with Crippen LogP contribution in [0, 0.1) is 5.92 Å². The minimum absolute atomic E-state index is 0.0666. The summed E-state index contributed by atoms with van der Waals surface area (Å²) in [5.74, 6) is 0.812. The highest BCUT2D eigenvalue weighted by molar-refractivity contribution is 6.62. The monoisotopic (exact) mass is 459 g/mol. The van der Waals surface area contributed by atoms with Gasteiger partial charge in [-0.1, -0.05) is 6.07 Å². The molecule has 2 heterocycles. The van der Waals surface area contributed by atoms with Gasteiger partial charge < -0.3 is 23.7 Å². The lowest BCUT2D eigenvalue weighted by Gasteiger charge is -2.33. The van der Waals surface area contributed by atoms with Crippen LogP contribution in [0.2, 0.25) is 0 Å². The second kappa shape index (κ2) is 9.30. The number of hydrogen-bond acceptors (Lipinski definition) is 6. The van der Waals surface area contributed by atoms with Gasteiger partial charge in [-0.05, 0) is 91.7 Å². The van der Waals surface area contributed by atoms with E-state index >= 15 is 0 Å². The third-order valence-corrected chi connectivity index (χ3v) is 6.65. The molecule has 7 nitrogen and oxygen atoms in total. The van der Waals surface area contributed by atoms with Crippen LogP contribution in [0.25, 0.3) is 0 Å². The summed E-state index contributed by atoms with van der Waals surface area (Å²) in [5, 5.41) is 0. The zero-order valence-electron chi connectivity index (χ0n) is 21.3. The van der Waals surface area contributed by atoms with Gasteiger partial charge in [0.1, 0.15) is 11.4 Å². The maximum Gasteiger partial charge on any atom is 0.494 e. The molecule has 8 heteroatoms. The summed E-state index contributed by atoms with van der Waals surface area (Å²) in [7, 11) is -0.528. The molecular weight excluding hydrogens is 421 g/mol. The van der Waals surface area contributed by atoms with Crippen LogP contribution < -0.4 is 10.2 Å². The van der Waals surface area contributed by atoms with Crippen LogP contribution >= 0.6 is 0 Å². The second-order valence-corrected chi connectivity index (χ2v) is 11.1. The van der Waals surface area contributed by atoms with Gasteiger partial charge in [-0.3, -0.25) is 4.79 Å². The predicted molar refractivity (Wildman–Crippen MR) is 128 cm³/mol. The molecule has 182 valence electrons.